The zero-order valence-corrected chi connectivity index (χ0v) is 15.8. The molecular formula is C17H12FN7OS2. The van der Waals surface area contributed by atoms with Crippen LogP contribution in [-0.2, 0) is 5.75 Å². The molecular weight excluding hydrogens is 401 g/mol. The SMILES string of the molecule is O=C(Nc1ccc(F)cc1)c1nnc(CSc2nnnn2-c2ccccc2)s1. The van der Waals surface area contributed by atoms with Gasteiger partial charge in [0.15, 0.2) is 0 Å². The third kappa shape index (κ3) is 4.21. The Balaban J connectivity index is 1.40. The Morgan fingerprint density at radius 2 is 1.86 bits per heavy atom. The minimum absolute atomic E-state index is 0.225. The van der Waals surface area contributed by atoms with Crippen LogP contribution in [0.15, 0.2) is 59.8 Å². The predicted octanol–water partition coefficient (Wildman–Crippen LogP) is 3.20. The summed E-state index contributed by atoms with van der Waals surface area (Å²) in [5, 5.41) is 23.9. The fraction of sp³-hybridized carbons (Fsp3) is 0.0588. The molecule has 140 valence electrons. The Morgan fingerprint density at radius 1 is 1.07 bits per heavy atom. The molecule has 0 aliphatic carbocycles. The topological polar surface area (TPSA) is 98.5 Å². The molecule has 0 atom stereocenters. The van der Waals surface area contributed by atoms with E-state index in [1.165, 1.54) is 47.4 Å². The molecule has 11 heteroatoms. The summed E-state index contributed by atoms with van der Waals surface area (Å²) in [5.41, 5.74) is 1.34. The first-order valence-electron chi connectivity index (χ1n) is 8.05. The number of benzene rings is 2. The van der Waals surface area contributed by atoms with Crippen LogP contribution >= 0.6 is 23.1 Å². The zero-order chi connectivity index (χ0) is 19.3. The number of para-hydroxylation sites is 1. The van der Waals surface area contributed by atoms with Gasteiger partial charge in [0.1, 0.15) is 10.8 Å². The third-order valence-corrected chi connectivity index (χ3v) is 5.56. The van der Waals surface area contributed by atoms with Gasteiger partial charge in [0.25, 0.3) is 5.91 Å². The molecule has 4 aromatic rings. The Morgan fingerprint density at radius 3 is 2.64 bits per heavy atom. The number of aromatic nitrogens is 6. The molecule has 1 amide bonds. The van der Waals surface area contributed by atoms with Gasteiger partial charge in [-0.2, -0.15) is 4.68 Å². The molecule has 0 bridgehead atoms. The van der Waals surface area contributed by atoms with E-state index in [4.69, 9.17) is 0 Å². The largest absolute Gasteiger partial charge is 0.320 e. The van der Waals surface area contributed by atoms with Crippen LogP contribution in [0.3, 0.4) is 0 Å². The molecule has 2 aromatic heterocycles. The van der Waals surface area contributed by atoms with Gasteiger partial charge in [-0.25, -0.2) is 4.39 Å². The van der Waals surface area contributed by atoms with Crippen molar-refractivity contribution in [1.82, 2.24) is 30.4 Å². The van der Waals surface area contributed by atoms with Crippen molar-refractivity contribution in [2.24, 2.45) is 0 Å². The number of hydrogen-bond acceptors (Lipinski definition) is 8. The van der Waals surface area contributed by atoms with Crippen molar-refractivity contribution in [3.63, 3.8) is 0 Å². The lowest BCUT2D eigenvalue weighted by Gasteiger charge is -2.02. The first-order valence-corrected chi connectivity index (χ1v) is 9.85. The Hall–Kier alpha value is -3.18. The zero-order valence-electron chi connectivity index (χ0n) is 14.2. The lowest BCUT2D eigenvalue weighted by Crippen LogP contribution is -2.11. The monoisotopic (exact) mass is 413 g/mol. The van der Waals surface area contributed by atoms with E-state index < -0.39 is 5.91 Å². The Kier molecular flexibility index (Phi) is 5.35. The summed E-state index contributed by atoms with van der Waals surface area (Å²) in [5.74, 6) is -0.296. The highest BCUT2D eigenvalue weighted by molar-refractivity contribution is 7.98. The molecule has 0 aliphatic heterocycles. The van der Waals surface area contributed by atoms with E-state index in [9.17, 15) is 9.18 Å². The molecule has 2 heterocycles. The van der Waals surface area contributed by atoms with Gasteiger partial charge in [0.05, 0.1) is 11.4 Å². The number of nitrogens with zero attached hydrogens (tertiary/aromatic N) is 6. The summed E-state index contributed by atoms with van der Waals surface area (Å²) in [6.45, 7) is 0. The van der Waals surface area contributed by atoms with Crippen LogP contribution in [0.1, 0.15) is 14.8 Å². The number of halogens is 1. The molecule has 0 saturated heterocycles. The van der Waals surface area contributed by atoms with Crippen LogP contribution in [0.25, 0.3) is 5.69 Å². The first kappa shape index (κ1) is 18.2. The van der Waals surface area contributed by atoms with Gasteiger partial charge in [-0.1, -0.05) is 41.3 Å². The maximum atomic E-state index is 12.9. The molecule has 4 rings (SSSR count). The summed E-state index contributed by atoms with van der Waals surface area (Å²) in [7, 11) is 0. The maximum Gasteiger partial charge on any atom is 0.286 e. The normalized spacial score (nSPS) is 10.8. The fourth-order valence-corrected chi connectivity index (χ4v) is 3.86. The number of carbonyl (C=O) groups excluding carboxylic acids is 1. The summed E-state index contributed by atoms with van der Waals surface area (Å²) in [6.07, 6.45) is 0. The summed E-state index contributed by atoms with van der Waals surface area (Å²) >= 11 is 2.57. The van der Waals surface area contributed by atoms with Crippen molar-refractivity contribution in [2.45, 2.75) is 10.9 Å². The van der Waals surface area contributed by atoms with Crippen LogP contribution in [0.5, 0.6) is 0 Å². The number of anilines is 1. The number of amides is 1. The second kappa shape index (κ2) is 8.23. The lowest BCUT2D eigenvalue weighted by molar-refractivity contribution is 0.102. The standard InChI is InChI=1S/C17H12FN7OS2/c18-11-6-8-12(9-7-11)19-15(26)16-21-20-14(28-16)10-27-17-22-23-24-25(17)13-4-2-1-3-5-13/h1-9H,10H2,(H,19,26). The first-order chi connectivity index (χ1) is 13.7. The molecule has 8 nitrogen and oxygen atoms in total. The van der Waals surface area contributed by atoms with Crippen molar-refractivity contribution >= 4 is 34.7 Å². The Labute approximate surface area is 166 Å². The minimum atomic E-state index is -0.394. The number of nitrogens with one attached hydrogen (secondary N) is 1. The van der Waals surface area contributed by atoms with E-state index in [2.05, 4.69) is 31.0 Å². The van der Waals surface area contributed by atoms with Crippen molar-refractivity contribution in [2.75, 3.05) is 5.32 Å². The van der Waals surface area contributed by atoms with Crippen LogP contribution in [-0.4, -0.2) is 36.3 Å². The van der Waals surface area contributed by atoms with Gasteiger partial charge in [-0.3, -0.25) is 4.79 Å². The predicted molar refractivity (Wildman–Crippen MR) is 103 cm³/mol. The highest BCUT2D eigenvalue weighted by atomic mass is 32.2. The molecule has 0 unspecified atom stereocenters. The molecule has 0 fully saturated rings. The van der Waals surface area contributed by atoms with Gasteiger partial charge in [0.2, 0.25) is 10.2 Å². The second-order valence-electron chi connectivity index (χ2n) is 5.46. The van der Waals surface area contributed by atoms with Gasteiger partial charge < -0.3 is 5.32 Å². The molecule has 2 aromatic carbocycles. The van der Waals surface area contributed by atoms with Crippen LogP contribution in [0.4, 0.5) is 10.1 Å². The van der Waals surface area contributed by atoms with E-state index in [0.717, 1.165) is 5.69 Å². The highest BCUT2D eigenvalue weighted by Crippen LogP contribution is 2.24. The van der Waals surface area contributed by atoms with Crippen LogP contribution in [0, 0.1) is 5.82 Å². The number of carbonyl (C=O) groups is 1. The highest BCUT2D eigenvalue weighted by Gasteiger charge is 2.15. The third-order valence-electron chi connectivity index (χ3n) is 3.53. The maximum absolute atomic E-state index is 12.9. The van der Waals surface area contributed by atoms with E-state index in [0.29, 0.717) is 21.6 Å². The number of hydrogen-bond donors (Lipinski definition) is 1. The lowest BCUT2D eigenvalue weighted by atomic mass is 10.3. The minimum Gasteiger partial charge on any atom is -0.320 e. The van der Waals surface area contributed by atoms with Gasteiger partial charge in [-0.05, 0) is 46.8 Å². The van der Waals surface area contributed by atoms with E-state index >= 15 is 0 Å². The van der Waals surface area contributed by atoms with Crippen molar-refractivity contribution < 1.29 is 9.18 Å². The number of tetrazole rings is 1. The summed E-state index contributed by atoms with van der Waals surface area (Å²) in [4.78, 5) is 12.2. The van der Waals surface area contributed by atoms with Crippen LogP contribution < -0.4 is 5.32 Å². The molecule has 0 aliphatic rings. The molecule has 0 spiro atoms. The van der Waals surface area contributed by atoms with Crippen molar-refractivity contribution in [3.8, 4) is 5.69 Å². The van der Waals surface area contributed by atoms with Crippen molar-refractivity contribution in [3.05, 3.63) is 70.4 Å². The average Bonchev–Trinajstić information content (AvgIpc) is 3.38. The molecule has 0 saturated carbocycles. The van der Waals surface area contributed by atoms with E-state index in [-0.39, 0.29) is 10.8 Å². The molecule has 1 N–H and O–H groups in total. The average molecular weight is 413 g/mol. The molecule has 0 radical (unpaired) electrons. The van der Waals surface area contributed by atoms with Gasteiger partial charge >= 0.3 is 0 Å². The smallest absolute Gasteiger partial charge is 0.286 e. The summed E-state index contributed by atoms with van der Waals surface area (Å²) in [6, 6.07) is 15.0. The Bertz CT molecular complexity index is 1080. The van der Waals surface area contributed by atoms with Gasteiger partial charge in [-0.15, -0.1) is 15.3 Å². The second-order valence-corrected chi connectivity index (χ2v) is 7.46. The molecule has 28 heavy (non-hydrogen) atoms. The quantitative estimate of drug-likeness (QED) is 0.485. The van der Waals surface area contributed by atoms with Crippen LogP contribution in [0.2, 0.25) is 0 Å². The van der Waals surface area contributed by atoms with Crippen molar-refractivity contribution in [1.29, 1.82) is 0 Å². The van der Waals surface area contributed by atoms with E-state index in [1.54, 1.807) is 4.68 Å². The van der Waals surface area contributed by atoms with E-state index in [1.807, 2.05) is 30.3 Å². The number of rotatable bonds is 6. The fourth-order valence-electron chi connectivity index (χ4n) is 2.25. The number of thioether (sulfide) groups is 1. The van der Waals surface area contributed by atoms with Gasteiger partial charge in [0, 0.05) is 5.69 Å². The summed E-state index contributed by atoms with van der Waals surface area (Å²) < 4.78 is 14.6.